The summed E-state index contributed by atoms with van der Waals surface area (Å²) in [4.78, 5) is 11.9. The number of allylic oxidation sites excluding steroid dienone is 1. The van der Waals surface area contributed by atoms with E-state index in [9.17, 15) is 4.79 Å². The van der Waals surface area contributed by atoms with Gasteiger partial charge in [-0.05, 0) is 18.1 Å². The van der Waals surface area contributed by atoms with Crippen LogP contribution < -0.4 is 5.43 Å². The lowest BCUT2D eigenvalue weighted by Crippen LogP contribution is -2.18. The summed E-state index contributed by atoms with van der Waals surface area (Å²) < 4.78 is 4.81. The fourth-order valence-electron chi connectivity index (χ4n) is 2.00. The smallest absolute Gasteiger partial charge is 0.359 e. The monoisotopic (exact) mass is 294 g/mol. The zero-order valence-corrected chi connectivity index (χ0v) is 12.5. The number of rotatable bonds is 6. The van der Waals surface area contributed by atoms with E-state index in [1.807, 2.05) is 60.7 Å². The molecule has 0 aliphatic heterocycles. The van der Waals surface area contributed by atoms with Crippen LogP contribution in [0.1, 0.15) is 11.1 Å². The van der Waals surface area contributed by atoms with Crippen LogP contribution >= 0.6 is 0 Å². The van der Waals surface area contributed by atoms with Gasteiger partial charge in [0.05, 0.1) is 12.8 Å². The molecule has 0 unspecified atom stereocenters. The predicted octanol–water partition coefficient (Wildman–Crippen LogP) is 3.40. The summed E-state index contributed by atoms with van der Waals surface area (Å²) in [6.07, 6.45) is 2.54. The topological polar surface area (TPSA) is 50.7 Å². The first-order valence-electron chi connectivity index (χ1n) is 6.92. The van der Waals surface area contributed by atoms with Crippen molar-refractivity contribution in [3.05, 3.63) is 78.4 Å². The van der Waals surface area contributed by atoms with Crippen LogP contribution in [-0.4, -0.2) is 18.8 Å². The Bertz CT molecular complexity index is 678. The van der Waals surface area contributed by atoms with Crippen molar-refractivity contribution in [1.82, 2.24) is 0 Å². The van der Waals surface area contributed by atoms with E-state index in [0.29, 0.717) is 5.56 Å². The number of methoxy groups -OCH3 is 1. The maximum atomic E-state index is 11.9. The first-order valence-corrected chi connectivity index (χ1v) is 6.92. The Morgan fingerprint density at radius 3 is 2.55 bits per heavy atom. The standard InChI is InChI=1S/C18H18N2O2/c1-3-9-14-10-7-8-13-16(14)19-20-17(18(21)22-2)15-11-5-4-6-12-15/h3-8,10-13,19H,1,9H2,2H3/b20-17-. The van der Waals surface area contributed by atoms with E-state index in [-0.39, 0.29) is 5.71 Å². The zero-order valence-electron chi connectivity index (χ0n) is 12.5. The summed E-state index contributed by atoms with van der Waals surface area (Å²) in [5.41, 5.74) is 5.77. The van der Waals surface area contributed by atoms with Crippen molar-refractivity contribution in [2.75, 3.05) is 12.5 Å². The number of anilines is 1. The lowest BCUT2D eigenvalue weighted by molar-refractivity contribution is -0.132. The summed E-state index contributed by atoms with van der Waals surface area (Å²) in [5, 5.41) is 4.24. The quantitative estimate of drug-likeness (QED) is 0.384. The van der Waals surface area contributed by atoms with Crippen molar-refractivity contribution in [2.24, 2.45) is 5.10 Å². The van der Waals surface area contributed by atoms with E-state index in [0.717, 1.165) is 17.7 Å². The second-order valence-electron chi connectivity index (χ2n) is 4.58. The van der Waals surface area contributed by atoms with Crippen LogP contribution in [0.25, 0.3) is 0 Å². The lowest BCUT2D eigenvalue weighted by atomic mass is 10.1. The van der Waals surface area contributed by atoms with E-state index in [1.165, 1.54) is 7.11 Å². The average molecular weight is 294 g/mol. The van der Waals surface area contributed by atoms with Crippen LogP contribution in [0.15, 0.2) is 72.4 Å². The molecule has 0 atom stereocenters. The van der Waals surface area contributed by atoms with Gasteiger partial charge in [-0.25, -0.2) is 4.79 Å². The first-order chi connectivity index (χ1) is 10.8. The molecule has 0 radical (unpaired) electrons. The van der Waals surface area contributed by atoms with Crippen LogP contribution in [0.3, 0.4) is 0 Å². The highest BCUT2D eigenvalue weighted by Gasteiger charge is 2.14. The molecule has 0 fully saturated rings. The molecule has 22 heavy (non-hydrogen) atoms. The third-order valence-corrected chi connectivity index (χ3v) is 3.10. The van der Waals surface area contributed by atoms with Crippen LogP contribution in [0.5, 0.6) is 0 Å². The number of hydrogen-bond donors (Lipinski definition) is 1. The van der Waals surface area contributed by atoms with Crippen molar-refractivity contribution in [3.63, 3.8) is 0 Å². The molecule has 1 N–H and O–H groups in total. The average Bonchev–Trinajstić information content (AvgIpc) is 2.57. The highest BCUT2D eigenvalue weighted by molar-refractivity contribution is 6.43. The Hall–Kier alpha value is -2.88. The molecule has 0 amide bonds. The predicted molar refractivity (Wildman–Crippen MR) is 89.0 cm³/mol. The summed E-state index contributed by atoms with van der Waals surface area (Å²) in [6.45, 7) is 3.74. The number of nitrogens with one attached hydrogen (secondary N) is 1. The van der Waals surface area contributed by atoms with Gasteiger partial charge in [-0.15, -0.1) is 6.58 Å². The summed E-state index contributed by atoms with van der Waals surface area (Å²) in [7, 11) is 1.34. The number of nitrogens with zero attached hydrogens (tertiary/aromatic N) is 1. The minimum absolute atomic E-state index is 0.233. The zero-order chi connectivity index (χ0) is 15.8. The highest BCUT2D eigenvalue weighted by Crippen LogP contribution is 2.16. The normalized spacial score (nSPS) is 10.9. The summed E-state index contributed by atoms with van der Waals surface area (Å²) in [6, 6.07) is 16.9. The first kappa shape index (κ1) is 15.5. The van der Waals surface area contributed by atoms with Crippen molar-refractivity contribution < 1.29 is 9.53 Å². The van der Waals surface area contributed by atoms with Gasteiger partial charge in [-0.3, -0.25) is 5.43 Å². The Morgan fingerprint density at radius 1 is 1.18 bits per heavy atom. The molecule has 0 bridgehead atoms. The van der Waals surface area contributed by atoms with Crippen LogP contribution in [0.2, 0.25) is 0 Å². The second-order valence-corrected chi connectivity index (χ2v) is 4.58. The molecular formula is C18H18N2O2. The van der Waals surface area contributed by atoms with Gasteiger partial charge in [-0.1, -0.05) is 54.6 Å². The van der Waals surface area contributed by atoms with E-state index >= 15 is 0 Å². The highest BCUT2D eigenvalue weighted by atomic mass is 16.5. The number of hydrogen-bond acceptors (Lipinski definition) is 4. The number of carbonyl (C=O) groups excluding carboxylic acids is 1. The summed E-state index contributed by atoms with van der Waals surface area (Å²) in [5.74, 6) is -0.486. The Balaban J connectivity index is 2.31. The third kappa shape index (κ3) is 3.82. The van der Waals surface area contributed by atoms with Crippen molar-refractivity contribution in [3.8, 4) is 0 Å². The number of carbonyl (C=O) groups is 1. The van der Waals surface area contributed by atoms with Crippen molar-refractivity contribution >= 4 is 17.4 Å². The van der Waals surface area contributed by atoms with Crippen LogP contribution in [0, 0.1) is 0 Å². The Labute approximate surface area is 130 Å². The molecule has 0 heterocycles. The molecule has 112 valence electrons. The largest absolute Gasteiger partial charge is 0.464 e. The third-order valence-electron chi connectivity index (χ3n) is 3.10. The van der Waals surface area contributed by atoms with Gasteiger partial charge in [-0.2, -0.15) is 5.10 Å². The number of para-hydroxylation sites is 1. The lowest BCUT2D eigenvalue weighted by Gasteiger charge is -2.09. The SMILES string of the molecule is C=CCc1ccccc1N/N=C(\C(=O)OC)c1ccccc1. The molecule has 0 saturated carbocycles. The molecule has 0 spiro atoms. The van der Waals surface area contributed by atoms with Gasteiger partial charge in [0, 0.05) is 5.56 Å². The van der Waals surface area contributed by atoms with Crippen molar-refractivity contribution in [1.29, 1.82) is 0 Å². The van der Waals surface area contributed by atoms with Crippen molar-refractivity contribution in [2.45, 2.75) is 6.42 Å². The molecule has 0 aromatic heterocycles. The molecule has 2 aromatic rings. The Kier molecular flexibility index (Phi) is 5.49. The maximum Gasteiger partial charge on any atom is 0.359 e. The maximum absolute atomic E-state index is 11.9. The Morgan fingerprint density at radius 2 is 1.86 bits per heavy atom. The van der Waals surface area contributed by atoms with Gasteiger partial charge < -0.3 is 4.74 Å². The van der Waals surface area contributed by atoms with Gasteiger partial charge in [0.1, 0.15) is 0 Å². The van der Waals surface area contributed by atoms with Gasteiger partial charge in [0.2, 0.25) is 0 Å². The molecule has 0 aliphatic rings. The number of benzene rings is 2. The van der Waals surface area contributed by atoms with Gasteiger partial charge >= 0.3 is 5.97 Å². The molecule has 0 aliphatic carbocycles. The van der Waals surface area contributed by atoms with E-state index < -0.39 is 5.97 Å². The molecule has 2 rings (SSSR count). The molecule has 2 aromatic carbocycles. The molecule has 4 nitrogen and oxygen atoms in total. The molecule has 4 heteroatoms. The fraction of sp³-hybridized carbons (Fsp3) is 0.111. The fourth-order valence-corrected chi connectivity index (χ4v) is 2.00. The molecule has 0 saturated heterocycles. The van der Waals surface area contributed by atoms with Gasteiger partial charge in [0.15, 0.2) is 5.71 Å². The van der Waals surface area contributed by atoms with Crippen LogP contribution in [-0.2, 0) is 16.0 Å². The van der Waals surface area contributed by atoms with Crippen LogP contribution in [0.4, 0.5) is 5.69 Å². The number of esters is 1. The van der Waals surface area contributed by atoms with E-state index in [2.05, 4.69) is 17.1 Å². The van der Waals surface area contributed by atoms with E-state index in [4.69, 9.17) is 4.74 Å². The number of ether oxygens (including phenoxy) is 1. The summed E-state index contributed by atoms with van der Waals surface area (Å²) >= 11 is 0. The molecular weight excluding hydrogens is 276 g/mol. The van der Waals surface area contributed by atoms with Gasteiger partial charge in [0.25, 0.3) is 0 Å². The second kappa shape index (κ2) is 7.78. The minimum Gasteiger partial charge on any atom is -0.464 e. The van der Waals surface area contributed by atoms with E-state index in [1.54, 1.807) is 0 Å². The number of hydrazone groups is 1. The minimum atomic E-state index is -0.486.